The van der Waals surface area contributed by atoms with E-state index in [0.717, 1.165) is 6.07 Å². The van der Waals surface area contributed by atoms with Crippen LogP contribution in [0, 0.1) is 11.3 Å². The molecule has 63 heavy (non-hydrogen) atoms. The van der Waals surface area contributed by atoms with Gasteiger partial charge in [-0.15, -0.1) is 0 Å². The van der Waals surface area contributed by atoms with Crippen LogP contribution in [-0.4, -0.2) is 102 Å². The summed E-state index contributed by atoms with van der Waals surface area (Å²) in [6.07, 6.45) is -2.56. The van der Waals surface area contributed by atoms with Crippen molar-refractivity contribution in [3.63, 3.8) is 0 Å². The number of benzene rings is 4. The number of hydrogen-bond donors (Lipinski definition) is 6. The fourth-order valence-corrected chi connectivity index (χ4v) is 8.75. The zero-order chi connectivity index (χ0) is 45.1. The molecule has 0 unspecified atom stereocenters. The number of aromatic hydroxyl groups is 3. The molecule has 17 nitrogen and oxygen atoms in total. The first kappa shape index (κ1) is 42.3. The monoisotopic (exact) mass is 858 g/mol. The van der Waals surface area contributed by atoms with Gasteiger partial charge in [-0.3, -0.25) is 14.4 Å². The van der Waals surface area contributed by atoms with E-state index >= 15 is 0 Å². The molecular weight excluding hydrogens is 821 g/mol. The summed E-state index contributed by atoms with van der Waals surface area (Å²) in [6, 6.07) is 16.9. The molecule has 1 aromatic heterocycles. The molecule has 1 saturated heterocycles. The second-order valence-electron chi connectivity index (χ2n) is 15.5. The Morgan fingerprint density at radius 3 is 2.29 bits per heavy atom. The number of hydrogen-bond acceptors (Lipinski definition) is 15. The lowest BCUT2D eigenvalue weighted by Crippen LogP contribution is -2.49. The summed E-state index contributed by atoms with van der Waals surface area (Å²) < 4.78 is 24.8. The van der Waals surface area contributed by atoms with E-state index in [1.165, 1.54) is 55.6 Å². The number of methoxy groups -OCH3 is 1. The Balaban J connectivity index is 1.15. The van der Waals surface area contributed by atoms with Crippen LogP contribution in [0.4, 0.5) is 0 Å². The zero-order valence-electron chi connectivity index (χ0n) is 33.5. The average molecular weight is 859 g/mol. The first-order valence-electron chi connectivity index (χ1n) is 19.6. The maximum Gasteiger partial charge on any atom is 0.339 e. The molecular formula is C46H38N2O15. The van der Waals surface area contributed by atoms with Gasteiger partial charge in [-0.1, -0.05) is 30.3 Å². The van der Waals surface area contributed by atoms with E-state index in [9.17, 15) is 59.9 Å². The highest BCUT2D eigenvalue weighted by Crippen LogP contribution is 2.53. The van der Waals surface area contributed by atoms with Crippen molar-refractivity contribution in [2.24, 2.45) is 0 Å². The molecule has 17 heteroatoms. The third-order valence-electron chi connectivity index (χ3n) is 11.9. The first-order chi connectivity index (χ1) is 30.1. The molecule has 0 bridgehead atoms. The number of aromatic carboxylic acids is 1. The third-order valence-corrected chi connectivity index (χ3v) is 11.9. The van der Waals surface area contributed by atoms with E-state index in [0.29, 0.717) is 5.56 Å². The molecule has 6 atom stereocenters. The number of ether oxygens (including phenoxy) is 4. The Morgan fingerprint density at radius 1 is 0.921 bits per heavy atom. The second-order valence-corrected chi connectivity index (χ2v) is 15.5. The van der Waals surface area contributed by atoms with Crippen molar-refractivity contribution in [3.05, 3.63) is 129 Å². The van der Waals surface area contributed by atoms with Crippen LogP contribution in [0.1, 0.15) is 101 Å². The van der Waals surface area contributed by atoms with Gasteiger partial charge in [0.05, 0.1) is 58.7 Å². The maximum atomic E-state index is 14.1. The predicted molar refractivity (Wildman–Crippen MR) is 216 cm³/mol. The van der Waals surface area contributed by atoms with E-state index in [1.54, 1.807) is 42.1 Å². The molecule has 8 rings (SSSR count). The number of rotatable bonds is 10. The molecule has 0 amide bonds. The lowest BCUT2D eigenvalue weighted by Gasteiger charge is -2.43. The number of nitriles is 1. The van der Waals surface area contributed by atoms with Crippen molar-refractivity contribution in [1.29, 1.82) is 5.26 Å². The number of fused-ring (bicyclic) bond motifs is 3. The fourth-order valence-electron chi connectivity index (χ4n) is 8.75. The Labute approximate surface area is 357 Å². The summed E-state index contributed by atoms with van der Waals surface area (Å²) >= 11 is 0. The van der Waals surface area contributed by atoms with Gasteiger partial charge in [-0.05, 0) is 48.9 Å². The maximum absolute atomic E-state index is 14.1. The van der Waals surface area contributed by atoms with E-state index in [1.807, 2.05) is 0 Å². The van der Waals surface area contributed by atoms with Crippen molar-refractivity contribution >= 4 is 29.3 Å². The van der Waals surface area contributed by atoms with Crippen LogP contribution in [-0.2, 0) is 25.4 Å². The number of carboxylic acid groups (broad SMARTS) is 1. The number of Topliss-reactive ketones (excluding diaryl/α,β-unsaturated/α-hetero) is 1. The molecule has 0 saturated carbocycles. The Bertz CT molecular complexity index is 2770. The first-order valence-corrected chi connectivity index (χ1v) is 19.6. The average Bonchev–Trinajstić information content (AvgIpc) is 3.81. The number of ketones is 3. The van der Waals surface area contributed by atoms with Gasteiger partial charge in [0.2, 0.25) is 11.6 Å². The SMILES string of the molecule is COc1cccc2c1C(=O)c1c(O)c3c(c(O)c1C2=O)C[C@@](O)(C(=O)COC(=O)c1ccc(-c2ccc(O)cc2)c(C#N)c1C(=O)O)C[C@@H]3O[C@H]1C[C@H](n2cccc2)[C@H](O)[C@H](C)O1. The van der Waals surface area contributed by atoms with Crippen molar-refractivity contribution in [2.45, 2.75) is 62.4 Å². The Hall–Kier alpha value is -7.36. The van der Waals surface area contributed by atoms with Gasteiger partial charge in [-0.25, -0.2) is 9.59 Å². The second kappa shape index (κ2) is 16.2. The van der Waals surface area contributed by atoms with Crippen LogP contribution in [0.25, 0.3) is 11.1 Å². The molecule has 2 aliphatic carbocycles. The Kier molecular flexibility index (Phi) is 10.9. The van der Waals surface area contributed by atoms with Gasteiger partial charge >= 0.3 is 11.9 Å². The number of phenolic OH excluding ortho intramolecular Hbond substituents is 3. The van der Waals surface area contributed by atoms with Gasteiger partial charge in [0.15, 0.2) is 18.7 Å². The largest absolute Gasteiger partial charge is 0.508 e. The van der Waals surface area contributed by atoms with Crippen LogP contribution < -0.4 is 4.74 Å². The number of aliphatic hydroxyl groups is 2. The van der Waals surface area contributed by atoms with Crippen LogP contribution in [0.5, 0.6) is 23.0 Å². The molecule has 6 N–H and O–H groups in total. The third kappa shape index (κ3) is 7.14. The molecule has 3 aliphatic rings. The summed E-state index contributed by atoms with van der Waals surface area (Å²) in [5.41, 5.74) is -5.84. The fraction of sp³-hybridized carbons (Fsp3) is 0.261. The van der Waals surface area contributed by atoms with Gasteiger partial charge < -0.3 is 54.2 Å². The minimum Gasteiger partial charge on any atom is -0.508 e. The van der Waals surface area contributed by atoms with E-state index < -0.39 is 124 Å². The van der Waals surface area contributed by atoms with Gasteiger partial charge in [0.1, 0.15) is 40.8 Å². The van der Waals surface area contributed by atoms with Gasteiger partial charge in [-0.2, -0.15) is 5.26 Å². The smallest absolute Gasteiger partial charge is 0.339 e. The molecule has 0 radical (unpaired) electrons. The highest BCUT2D eigenvalue weighted by atomic mass is 16.7. The van der Waals surface area contributed by atoms with Crippen LogP contribution >= 0.6 is 0 Å². The van der Waals surface area contributed by atoms with Crippen LogP contribution in [0.2, 0.25) is 0 Å². The van der Waals surface area contributed by atoms with Gasteiger partial charge in [0.25, 0.3) is 0 Å². The quantitative estimate of drug-likeness (QED) is 0.0816. The topological polar surface area (TPSA) is 272 Å². The van der Waals surface area contributed by atoms with Crippen molar-refractivity contribution < 1.29 is 73.6 Å². The molecule has 1 fully saturated rings. The van der Waals surface area contributed by atoms with Crippen molar-refractivity contribution in [3.8, 4) is 40.2 Å². The molecule has 4 aromatic carbocycles. The highest BCUT2D eigenvalue weighted by molar-refractivity contribution is 6.31. The molecule has 1 aliphatic heterocycles. The zero-order valence-corrected chi connectivity index (χ0v) is 33.5. The number of esters is 1. The minimum atomic E-state index is -2.57. The van der Waals surface area contributed by atoms with Crippen molar-refractivity contribution in [2.75, 3.05) is 13.7 Å². The standard InChI is InChI=1S/C46H38N2O15/c1-21-39(51)29(48-14-3-4-15-48)16-33(62-21)63-31-18-46(59,17-27-36(31)43(55)38-37(41(27)53)40(52)25-6-5-7-30(60-2)35(25)42(38)54)32(50)20-61-45(58)26-13-12-24(22-8-10-23(49)11-9-22)28(19-47)34(26)44(56)57/h3-15,21,29,31,33,39,49,51,53,55,59H,16-18,20H2,1-2H3,(H,56,57)/t21-,29-,31-,33-,39+,46-/m0/s1. The van der Waals surface area contributed by atoms with E-state index in [2.05, 4.69) is 0 Å². The Morgan fingerprint density at radius 2 is 1.62 bits per heavy atom. The molecule has 0 spiro atoms. The number of phenols is 3. The summed E-state index contributed by atoms with van der Waals surface area (Å²) in [6.45, 7) is 0.434. The number of carbonyl (C=O) groups is 5. The van der Waals surface area contributed by atoms with E-state index in [-0.39, 0.29) is 45.7 Å². The molecule has 322 valence electrons. The summed E-state index contributed by atoms with van der Waals surface area (Å²) in [5, 5.41) is 77.0. The van der Waals surface area contributed by atoms with E-state index in [4.69, 9.17) is 18.9 Å². The molecule has 2 heterocycles. The normalized spacial score (nSPS) is 22.6. The van der Waals surface area contributed by atoms with Crippen LogP contribution in [0.3, 0.4) is 0 Å². The van der Waals surface area contributed by atoms with Crippen molar-refractivity contribution in [1.82, 2.24) is 4.57 Å². The summed E-state index contributed by atoms with van der Waals surface area (Å²) in [5.74, 6) is -7.54. The lowest BCUT2D eigenvalue weighted by molar-refractivity contribution is -0.254. The number of nitrogens with zero attached hydrogens (tertiary/aromatic N) is 2. The minimum absolute atomic E-state index is 0.0117. The molecule has 5 aromatic rings. The van der Waals surface area contributed by atoms with Gasteiger partial charge in [0, 0.05) is 53.9 Å². The highest BCUT2D eigenvalue weighted by Gasteiger charge is 2.51. The summed E-state index contributed by atoms with van der Waals surface area (Å²) in [7, 11) is 1.29. The number of carbonyl (C=O) groups excluding carboxylic acids is 4. The number of aromatic nitrogens is 1. The summed E-state index contributed by atoms with van der Waals surface area (Å²) in [4.78, 5) is 68.3. The number of aliphatic hydroxyl groups excluding tert-OH is 1. The van der Waals surface area contributed by atoms with Crippen LogP contribution in [0.15, 0.2) is 79.1 Å². The predicted octanol–water partition coefficient (Wildman–Crippen LogP) is 4.52. The lowest BCUT2D eigenvalue weighted by atomic mass is 9.72. The number of carboxylic acids is 1.